The van der Waals surface area contributed by atoms with E-state index in [1.807, 2.05) is 58.9 Å². The first-order valence-electron chi connectivity index (χ1n) is 6.60. The lowest BCUT2D eigenvalue weighted by molar-refractivity contribution is 0.242. The zero-order valence-electron chi connectivity index (χ0n) is 12.9. The summed E-state index contributed by atoms with van der Waals surface area (Å²) in [5.41, 5.74) is 6.86. The largest absolute Gasteiger partial charge is 0.491 e. The molecule has 0 amide bonds. The molecule has 3 N–H and O–H groups in total. The molecule has 0 radical (unpaired) electrons. The maximum absolute atomic E-state index is 5.82. The van der Waals surface area contributed by atoms with Crippen molar-refractivity contribution < 1.29 is 4.74 Å². The SMILES string of the molecule is CC(C)Oc1ccc(CN=C(N)NC(C)(C)C)cc1.I. The van der Waals surface area contributed by atoms with E-state index in [2.05, 4.69) is 10.3 Å². The third-order valence-corrected chi connectivity index (χ3v) is 2.23. The number of aliphatic imine (C=N–C) groups is 1. The standard InChI is InChI=1S/C15H25N3O.HI/c1-11(2)19-13-8-6-12(7-9-13)10-17-14(16)18-15(3,4)5;/h6-9,11H,10H2,1-5H3,(H3,16,17,18);1H. The summed E-state index contributed by atoms with van der Waals surface area (Å²) in [5, 5.41) is 3.13. The van der Waals surface area contributed by atoms with Crippen LogP contribution in [0.3, 0.4) is 0 Å². The van der Waals surface area contributed by atoms with Gasteiger partial charge in [-0.1, -0.05) is 12.1 Å². The minimum Gasteiger partial charge on any atom is -0.491 e. The number of guanidine groups is 1. The molecule has 0 aliphatic rings. The molecular weight excluding hydrogens is 365 g/mol. The summed E-state index contributed by atoms with van der Waals surface area (Å²) in [4.78, 5) is 4.31. The first-order valence-corrected chi connectivity index (χ1v) is 6.60. The molecule has 0 aliphatic heterocycles. The Balaban J connectivity index is 0.00000361. The predicted octanol–water partition coefficient (Wildman–Crippen LogP) is 3.29. The molecule has 1 aromatic carbocycles. The van der Waals surface area contributed by atoms with Crippen molar-refractivity contribution in [3.05, 3.63) is 29.8 Å². The highest BCUT2D eigenvalue weighted by Crippen LogP contribution is 2.14. The summed E-state index contributed by atoms with van der Waals surface area (Å²) in [6.45, 7) is 10.7. The minimum absolute atomic E-state index is 0. The number of nitrogens with zero attached hydrogens (tertiary/aromatic N) is 1. The van der Waals surface area contributed by atoms with Crippen LogP contribution in [0.25, 0.3) is 0 Å². The second-order valence-electron chi connectivity index (χ2n) is 5.89. The second kappa shape index (κ2) is 8.34. The summed E-state index contributed by atoms with van der Waals surface area (Å²) in [7, 11) is 0. The molecule has 0 saturated heterocycles. The van der Waals surface area contributed by atoms with Crippen molar-refractivity contribution >= 4 is 29.9 Å². The van der Waals surface area contributed by atoms with Crippen LogP contribution >= 0.6 is 24.0 Å². The Morgan fingerprint density at radius 1 is 1.25 bits per heavy atom. The van der Waals surface area contributed by atoms with Gasteiger partial charge in [-0.05, 0) is 52.3 Å². The van der Waals surface area contributed by atoms with E-state index in [0.29, 0.717) is 12.5 Å². The third kappa shape index (κ3) is 8.24. The van der Waals surface area contributed by atoms with Crippen molar-refractivity contribution in [1.82, 2.24) is 5.32 Å². The van der Waals surface area contributed by atoms with Gasteiger partial charge in [0, 0.05) is 5.54 Å². The van der Waals surface area contributed by atoms with E-state index in [4.69, 9.17) is 10.5 Å². The summed E-state index contributed by atoms with van der Waals surface area (Å²) < 4.78 is 5.59. The Labute approximate surface area is 139 Å². The summed E-state index contributed by atoms with van der Waals surface area (Å²) >= 11 is 0. The van der Waals surface area contributed by atoms with E-state index in [9.17, 15) is 0 Å². The lowest BCUT2D eigenvalue weighted by atomic mass is 10.1. The van der Waals surface area contributed by atoms with E-state index < -0.39 is 0 Å². The Bertz CT molecular complexity index is 422. The molecule has 0 atom stereocenters. The van der Waals surface area contributed by atoms with Crippen molar-refractivity contribution in [2.75, 3.05) is 0 Å². The Morgan fingerprint density at radius 2 is 1.80 bits per heavy atom. The van der Waals surface area contributed by atoms with Gasteiger partial charge >= 0.3 is 0 Å². The summed E-state index contributed by atoms with van der Waals surface area (Å²) in [5.74, 6) is 1.35. The molecule has 4 nitrogen and oxygen atoms in total. The van der Waals surface area contributed by atoms with E-state index in [1.165, 1.54) is 0 Å². The highest BCUT2D eigenvalue weighted by Gasteiger charge is 2.09. The lowest BCUT2D eigenvalue weighted by Gasteiger charge is -2.21. The number of hydrogen-bond donors (Lipinski definition) is 2. The second-order valence-corrected chi connectivity index (χ2v) is 5.89. The van der Waals surface area contributed by atoms with Crippen LogP contribution in [0, 0.1) is 0 Å². The van der Waals surface area contributed by atoms with Gasteiger partial charge in [0.05, 0.1) is 12.6 Å². The molecule has 1 aromatic rings. The van der Waals surface area contributed by atoms with Crippen molar-refractivity contribution in [2.45, 2.75) is 52.8 Å². The lowest BCUT2D eigenvalue weighted by Crippen LogP contribution is -2.44. The molecule has 0 bridgehead atoms. The van der Waals surface area contributed by atoms with Crippen molar-refractivity contribution in [2.24, 2.45) is 10.7 Å². The van der Waals surface area contributed by atoms with Gasteiger partial charge < -0.3 is 15.8 Å². The molecule has 0 unspecified atom stereocenters. The molecule has 1 rings (SSSR count). The highest BCUT2D eigenvalue weighted by molar-refractivity contribution is 14.0. The number of ether oxygens (including phenoxy) is 1. The predicted molar refractivity (Wildman–Crippen MR) is 95.8 cm³/mol. The zero-order chi connectivity index (χ0) is 14.5. The van der Waals surface area contributed by atoms with Gasteiger partial charge in [-0.15, -0.1) is 24.0 Å². The van der Waals surface area contributed by atoms with Gasteiger partial charge in [0.1, 0.15) is 5.75 Å². The molecule has 20 heavy (non-hydrogen) atoms. The maximum atomic E-state index is 5.82. The highest BCUT2D eigenvalue weighted by atomic mass is 127. The van der Waals surface area contributed by atoms with Crippen LogP contribution < -0.4 is 15.8 Å². The molecular formula is C15H26IN3O. The average molecular weight is 391 g/mol. The maximum Gasteiger partial charge on any atom is 0.189 e. The summed E-state index contributed by atoms with van der Waals surface area (Å²) in [6, 6.07) is 7.92. The Kier molecular flexibility index (Phi) is 7.93. The van der Waals surface area contributed by atoms with Crippen LogP contribution in [0.15, 0.2) is 29.3 Å². The third-order valence-electron chi connectivity index (χ3n) is 2.23. The van der Waals surface area contributed by atoms with Crippen LogP contribution in [0.1, 0.15) is 40.2 Å². The van der Waals surface area contributed by atoms with Gasteiger partial charge in [0.25, 0.3) is 0 Å². The van der Waals surface area contributed by atoms with Crippen LogP contribution in [0.2, 0.25) is 0 Å². The molecule has 5 heteroatoms. The van der Waals surface area contributed by atoms with E-state index in [1.54, 1.807) is 0 Å². The van der Waals surface area contributed by atoms with Gasteiger partial charge in [0.15, 0.2) is 5.96 Å². The number of rotatable bonds is 4. The van der Waals surface area contributed by atoms with Crippen LogP contribution in [0.4, 0.5) is 0 Å². The number of nitrogens with one attached hydrogen (secondary N) is 1. The monoisotopic (exact) mass is 391 g/mol. The van der Waals surface area contributed by atoms with E-state index in [-0.39, 0.29) is 35.6 Å². The molecule has 0 aliphatic carbocycles. The van der Waals surface area contributed by atoms with E-state index in [0.717, 1.165) is 11.3 Å². The first kappa shape index (κ1) is 19.0. The number of benzene rings is 1. The Morgan fingerprint density at radius 3 is 2.25 bits per heavy atom. The average Bonchev–Trinajstić information content (AvgIpc) is 2.25. The van der Waals surface area contributed by atoms with Crippen molar-refractivity contribution in [3.63, 3.8) is 0 Å². The van der Waals surface area contributed by atoms with Crippen LogP contribution in [-0.4, -0.2) is 17.6 Å². The molecule has 0 saturated carbocycles. The van der Waals surface area contributed by atoms with Crippen LogP contribution in [0.5, 0.6) is 5.75 Å². The number of halogens is 1. The molecule has 0 aromatic heterocycles. The van der Waals surface area contributed by atoms with Gasteiger partial charge in [-0.3, -0.25) is 0 Å². The fraction of sp³-hybridized carbons (Fsp3) is 0.533. The van der Waals surface area contributed by atoms with Crippen molar-refractivity contribution in [3.8, 4) is 5.75 Å². The zero-order valence-corrected chi connectivity index (χ0v) is 15.3. The Hall–Kier alpha value is -0.980. The fourth-order valence-electron chi connectivity index (χ4n) is 1.55. The molecule has 0 heterocycles. The normalized spacial score (nSPS) is 12.0. The molecule has 0 spiro atoms. The number of hydrogen-bond acceptors (Lipinski definition) is 2. The van der Waals surface area contributed by atoms with Gasteiger partial charge in [-0.25, -0.2) is 4.99 Å². The number of nitrogens with two attached hydrogens (primary N) is 1. The molecule has 114 valence electrons. The van der Waals surface area contributed by atoms with Crippen LogP contribution in [-0.2, 0) is 6.54 Å². The topological polar surface area (TPSA) is 59.6 Å². The van der Waals surface area contributed by atoms with Gasteiger partial charge in [-0.2, -0.15) is 0 Å². The van der Waals surface area contributed by atoms with Crippen molar-refractivity contribution in [1.29, 1.82) is 0 Å². The first-order chi connectivity index (χ1) is 8.76. The van der Waals surface area contributed by atoms with Gasteiger partial charge in [0.2, 0.25) is 0 Å². The fourth-order valence-corrected chi connectivity index (χ4v) is 1.55. The minimum atomic E-state index is -0.0669. The molecule has 0 fully saturated rings. The smallest absolute Gasteiger partial charge is 0.189 e. The quantitative estimate of drug-likeness (QED) is 0.471. The van der Waals surface area contributed by atoms with E-state index >= 15 is 0 Å². The summed E-state index contributed by atoms with van der Waals surface area (Å²) in [6.07, 6.45) is 0.190.